The molecule has 0 N–H and O–H groups in total. The Morgan fingerprint density at radius 2 is 1.38 bits per heavy atom. The quantitative estimate of drug-likeness (QED) is 0.394. The number of benzene rings is 2. The Morgan fingerprint density at radius 3 is 1.90 bits per heavy atom. The summed E-state index contributed by atoms with van der Waals surface area (Å²) >= 11 is 0. The molecule has 0 radical (unpaired) electrons. The van der Waals surface area contributed by atoms with E-state index in [-0.39, 0.29) is 0 Å². The Morgan fingerprint density at radius 1 is 0.810 bits per heavy atom. The second-order valence-electron chi connectivity index (χ2n) is 5.30. The van der Waals surface area contributed by atoms with E-state index >= 15 is 0 Å². The van der Waals surface area contributed by atoms with Crippen LogP contribution in [0.2, 0.25) is 0 Å². The van der Waals surface area contributed by atoms with Crippen LogP contribution in [0.15, 0.2) is 66.5 Å². The fourth-order valence-corrected chi connectivity index (χ4v) is 3.53. The molecule has 2 aromatic carbocycles. The first kappa shape index (κ1) is 16.0. The highest BCUT2D eigenvalue weighted by molar-refractivity contribution is 7.42. The second kappa shape index (κ2) is 9.53. The molecule has 0 fully saturated rings. The standard InChI is InChI=1S/C20H25P/c1-2-3-4-11-16-21-17-20(18-12-7-5-8-13-18)19-14-9-6-10-15-19/h5-10,12-15,17,21H,2-4,11,16H2,1H3. The van der Waals surface area contributed by atoms with Gasteiger partial charge in [-0.15, -0.1) is 0 Å². The minimum Gasteiger partial charge on any atom is -0.0977 e. The van der Waals surface area contributed by atoms with Crippen LogP contribution in [-0.2, 0) is 0 Å². The van der Waals surface area contributed by atoms with Crippen molar-refractivity contribution in [3.63, 3.8) is 0 Å². The van der Waals surface area contributed by atoms with Gasteiger partial charge in [-0.3, -0.25) is 0 Å². The van der Waals surface area contributed by atoms with Gasteiger partial charge in [-0.2, -0.15) is 0 Å². The monoisotopic (exact) mass is 296 g/mol. The average Bonchev–Trinajstić information content (AvgIpc) is 2.56. The van der Waals surface area contributed by atoms with Gasteiger partial charge in [0.25, 0.3) is 0 Å². The summed E-state index contributed by atoms with van der Waals surface area (Å²) in [5.41, 5.74) is 4.03. The lowest BCUT2D eigenvalue weighted by atomic mass is 10.00. The van der Waals surface area contributed by atoms with Gasteiger partial charge in [0.05, 0.1) is 0 Å². The Kier molecular flexibility index (Phi) is 7.25. The number of hydrogen-bond acceptors (Lipinski definition) is 0. The lowest BCUT2D eigenvalue weighted by Crippen LogP contribution is -1.86. The van der Waals surface area contributed by atoms with Crippen molar-refractivity contribution in [3.8, 4) is 0 Å². The van der Waals surface area contributed by atoms with Crippen LogP contribution < -0.4 is 0 Å². The van der Waals surface area contributed by atoms with Gasteiger partial charge in [0.1, 0.15) is 0 Å². The van der Waals surface area contributed by atoms with E-state index in [1.807, 2.05) is 0 Å². The van der Waals surface area contributed by atoms with Gasteiger partial charge in [-0.1, -0.05) is 101 Å². The van der Waals surface area contributed by atoms with E-state index in [4.69, 9.17) is 0 Å². The van der Waals surface area contributed by atoms with Crippen LogP contribution in [-0.4, -0.2) is 6.16 Å². The molecule has 0 spiro atoms. The molecule has 0 amide bonds. The fraction of sp³-hybridized carbons (Fsp3) is 0.300. The highest BCUT2D eigenvalue weighted by Crippen LogP contribution is 2.29. The van der Waals surface area contributed by atoms with E-state index < -0.39 is 0 Å². The third-order valence-electron chi connectivity index (χ3n) is 3.59. The summed E-state index contributed by atoms with van der Waals surface area (Å²) in [6.45, 7) is 2.27. The summed E-state index contributed by atoms with van der Waals surface area (Å²) in [7, 11) is 0.913. The molecule has 110 valence electrons. The Bertz CT molecular complexity index is 487. The third kappa shape index (κ3) is 5.48. The zero-order valence-electron chi connectivity index (χ0n) is 12.9. The van der Waals surface area contributed by atoms with E-state index in [0.717, 1.165) is 8.58 Å². The van der Waals surface area contributed by atoms with Crippen LogP contribution >= 0.6 is 8.58 Å². The second-order valence-corrected chi connectivity index (χ2v) is 6.50. The largest absolute Gasteiger partial charge is 0.0977 e. The van der Waals surface area contributed by atoms with Crippen LogP contribution in [0, 0.1) is 0 Å². The van der Waals surface area contributed by atoms with E-state index in [9.17, 15) is 0 Å². The molecule has 2 aromatic rings. The summed E-state index contributed by atoms with van der Waals surface area (Å²) in [4.78, 5) is 0. The van der Waals surface area contributed by atoms with Crippen molar-refractivity contribution in [3.05, 3.63) is 77.6 Å². The summed E-state index contributed by atoms with van der Waals surface area (Å²) in [5.74, 6) is 2.44. The summed E-state index contributed by atoms with van der Waals surface area (Å²) in [6, 6.07) is 21.5. The van der Waals surface area contributed by atoms with Gasteiger partial charge in [-0.25, -0.2) is 0 Å². The Hall–Kier alpha value is -1.39. The lowest BCUT2D eigenvalue weighted by molar-refractivity contribution is 0.706. The van der Waals surface area contributed by atoms with Crippen LogP contribution in [0.3, 0.4) is 0 Å². The van der Waals surface area contributed by atoms with Crippen molar-refractivity contribution in [2.75, 3.05) is 6.16 Å². The first-order valence-electron chi connectivity index (χ1n) is 7.96. The van der Waals surface area contributed by atoms with Crippen LogP contribution in [0.1, 0.15) is 43.7 Å². The van der Waals surface area contributed by atoms with E-state index in [2.05, 4.69) is 73.4 Å². The molecule has 1 heteroatoms. The molecule has 0 bridgehead atoms. The fourth-order valence-electron chi connectivity index (χ4n) is 2.40. The molecule has 0 aromatic heterocycles. The Balaban J connectivity index is 2.06. The van der Waals surface area contributed by atoms with Crippen LogP contribution in [0.4, 0.5) is 0 Å². The molecule has 0 saturated carbocycles. The number of rotatable bonds is 8. The molecule has 0 aliphatic carbocycles. The summed E-state index contributed by atoms with van der Waals surface area (Å²) in [6.07, 6.45) is 6.75. The SMILES string of the molecule is CCCCCCPC=C(c1ccccc1)c1ccccc1. The van der Waals surface area contributed by atoms with Crippen molar-refractivity contribution >= 4 is 14.2 Å². The lowest BCUT2D eigenvalue weighted by Gasteiger charge is -2.09. The van der Waals surface area contributed by atoms with Crippen molar-refractivity contribution in [1.82, 2.24) is 0 Å². The normalized spacial score (nSPS) is 10.9. The molecule has 1 atom stereocenters. The molecular formula is C20H25P. The van der Waals surface area contributed by atoms with Gasteiger partial charge in [0.2, 0.25) is 0 Å². The zero-order valence-corrected chi connectivity index (χ0v) is 13.9. The Labute approximate surface area is 131 Å². The number of unbranched alkanes of at least 4 members (excludes halogenated alkanes) is 3. The third-order valence-corrected chi connectivity index (χ3v) is 4.73. The minimum atomic E-state index is 0.913. The van der Waals surface area contributed by atoms with E-state index in [0.29, 0.717) is 0 Å². The molecule has 0 nitrogen and oxygen atoms in total. The first-order valence-corrected chi connectivity index (χ1v) is 9.24. The maximum Gasteiger partial charge on any atom is -0.0109 e. The summed E-state index contributed by atoms with van der Waals surface area (Å²) < 4.78 is 0. The zero-order chi connectivity index (χ0) is 14.8. The van der Waals surface area contributed by atoms with Crippen LogP contribution in [0.5, 0.6) is 0 Å². The molecule has 0 aliphatic heterocycles. The van der Waals surface area contributed by atoms with Gasteiger partial charge in [0.15, 0.2) is 0 Å². The molecular weight excluding hydrogens is 271 g/mol. The van der Waals surface area contributed by atoms with Gasteiger partial charge in [-0.05, 0) is 29.3 Å². The topological polar surface area (TPSA) is 0 Å². The van der Waals surface area contributed by atoms with Gasteiger partial charge < -0.3 is 0 Å². The highest BCUT2D eigenvalue weighted by atomic mass is 31.1. The molecule has 21 heavy (non-hydrogen) atoms. The highest BCUT2D eigenvalue weighted by Gasteiger charge is 2.03. The summed E-state index contributed by atoms with van der Waals surface area (Å²) in [5, 5.41) is 0. The van der Waals surface area contributed by atoms with Gasteiger partial charge in [0, 0.05) is 0 Å². The first-order chi connectivity index (χ1) is 10.4. The predicted octanol–water partition coefficient (Wildman–Crippen LogP) is 6.33. The maximum absolute atomic E-state index is 2.44. The van der Waals surface area contributed by atoms with Crippen LogP contribution in [0.25, 0.3) is 5.57 Å². The number of hydrogen-bond donors (Lipinski definition) is 0. The average molecular weight is 296 g/mol. The van der Waals surface area contributed by atoms with Gasteiger partial charge >= 0.3 is 0 Å². The van der Waals surface area contributed by atoms with E-state index in [1.165, 1.54) is 48.5 Å². The maximum atomic E-state index is 2.44. The van der Waals surface area contributed by atoms with Crippen molar-refractivity contribution in [1.29, 1.82) is 0 Å². The molecule has 1 unspecified atom stereocenters. The smallest absolute Gasteiger partial charge is 0.0109 e. The predicted molar refractivity (Wildman–Crippen MR) is 97.3 cm³/mol. The van der Waals surface area contributed by atoms with Crippen molar-refractivity contribution < 1.29 is 0 Å². The van der Waals surface area contributed by atoms with E-state index in [1.54, 1.807) is 0 Å². The molecule has 0 saturated heterocycles. The van der Waals surface area contributed by atoms with Crippen molar-refractivity contribution in [2.24, 2.45) is 0 Å². The van der Waals surface area contributed by atoms with Crippen molar-refractivity contribution in [2.45, 2.75) is 32.6 Å². The molecule has 0 aliphatic rings. The molecule has 2 rings (SSSR count). The molecule has 0 heterocycles. The minimum absolute atomic E-state index is 0.913.